The summed E-state index contributed by atoms with van der Waals surface area (Å²) in [5.74, 6) is -1.36. The van der Waals surface area contributed by atoms with Crippen molar-refractivity contribution in [2.75, 3.05) is 10.6 Å². The molecule has 0 aliphatic carbocycles. The normalized spacial score (nSPS) is 11.5. The molecular formula is C27H22Br2N6O3S. The summed E-state index contributed by atoms with van der Waals surface area (Å²) in [6.07, 6.45) is 1.38. The first kappa shape index (κ1) is 28.0. The number of thiocarbonyl (C=S) groups is 1. The van der Waals surface area contributed by atoms with E-state index in [1.807, 2.05) is 66.7 Å². The smallest absolute Gasteiger partial charge is 0.272 e. The Labute approximate surface area is 246 Å². The number of phenols is 1. The number of hydrazine groups is 1. The van der Waals surface area contributed by atoms with Gasteiger partial charge in [0.2, 0.25) is 0 Å². The summed E-state index contributed by atoms with van der Waals surface area (Å²) in [7, 11) is 0. The van der Waals surface area contributed by atoms with E-state index in [2.05, 4.69) is 63.9 Å². The first-order chi connectivity index (χ1) is 18.8. The molecule has 0 saturated heterocycles. The molecule has 0 fully saturated rings. The number of amides is 2. The fourth-order valence-corrected chi connectivity index (χ4v) is 4.86. The van der Waals surface area contributed by atoms with E-state index in [4.69, 9.17) is 12.2 Å². The predicted molar refractivity (Wildman–Crippen MR) is 165 cm³/mol. The first-order valence-electron chi connectivity index (χ1n) is 11.5. The molecule has 0 spiro atoms. The first-order valence-corrected chi connectivity index (χ1v) is 13.5. The predicted octanol–water partition coefficient (Wildman–Crippen LogP) is 5.02. The van der Waals surface area contributed by atoms with Crippen molar-refractivity contribution in [1.29, 1.82) is 0 Å². The molecule has 6 N–H and O–H groups in total. The highest BCUT2D eigenvalue weighted by atomic mass is 79.9. The zero-order chi connectivity index (χ0) is 27.8. The number of hydrogen-bond acceptors (Lipinski definition) is 6. The molecule has 2 amide bonds. The summed E-state index contributed by atoms with van der Waals surface area (Å²) in [4.78, 5) is 26.2. The molecule has 4 rings (SSSR count). The van der Waals surface area contributed by atoms with E-state index < -0.39 is 17.9 Å². The van der Waals surface area contributed by atoms with Gasteiger partial charge < -0.3 is 15.7 Å². The van der Waals surface area contributed by atoms with Crippen molar-refractivity contribution < 1.29 is 14.7 Å². The molecule has 0 bridgehead atoms. The van der Waals surface area contributed by atoms with Crippen LogP contribution < -0.4 is 26.9 Å². The van der Waals surface area contributed by atoms with Crippen LogP contribution in [0.5, 0.6) is 5.75 Å². The van der Waals surface area contributed by atoms with Gasteiger partial charge in [-0.1, -0.05) is 48.5 Å². The van der Waals surface area contributed by atoms with Crippen LogP contribution >= 0.6 is 44.1 Å². The number of benzene rings is 4. The largest absolute Gasteiger partial charge is 0.506 e. The number of nitrogens with one attached hydrogen (secondary N) is 5. The lowest BCUT2D eigenvalue weighted by molar-refractivity contribution is -0.130. The van der Waals surface area contributed by atoms with E-state index in [-0.39, 0.29) is 10.9 Å². The number of anilines is 2. The third-order valence-electron chi connectivity index (χ3n) is 5.34. The molecule has 4 aromatic rings. The van der Waals surface area contributed by atoms with Gasteiger partial charge in [0.25, 0.3) is 11.8 Å². The minimum Gasteiger partial charge on any atom is -0.506 e. The van der Waals surface area contributed by atoms with Gasteiger partial charge in [0.1, 0.15) is 5.75 Å². The van der Waals surface area contributed by atoms with Gasteiger partial charge in [-0.25, -0.2) is 5.43 Å². The Morgan fingerprint density at radius 1 is 0.821 bits per heavy atom. The van der Waals surface area contributed by atoms with E-state index in [0.717, 1.165) is 16.5 Å². The lowest BCUT2D eigenvalue weighted by Gasteiger charge is -2.19. The van der Waals surface area contributed by atoms with Crippen molar-refractivity contribution in [2.24, 2.45) is 5.10 Å². The average Bonchev–Trinajstić information content (AvgIpc) is 2.93. The lowest BCUT2D eigenvalue weighted by Crippen LogP contribution is -2.54. The number of nitrogens with zero attached hydrogens (tertiary/aromatic N) is 1. The monoisotopic (exact) mass is 668 g/mol. The second-order valence-electron chi connectivity index (χ2n) is 8.14. The van der Waals surface area contributed by atoms with Crippen molar-refractivity contribution in [3.8, 4) is 5.75 Å². The number of carbonyl (C=O) groups excluding carboxylic acids is 2. The summed E-state index contributed by atoms with van der Waals surface area (Å²) >= 11 is 11.7. The van der Waals surface area contributed by atoms with Gasteiger partial charge in [-0.15, -0.1) is 0 Å². The van der Waals surface area contributed by atoms with Crippen LogP contribution in [0.2, 0.25) is 0 Å². The summed E-state index contributed by atoms with van der Waals surface area (Å²) < 4.78 is 0.900. The molecular weight excluding hydrogens is 648 g/mol. The number of phenolic OH excluding ortho intramolecular Hbond substituents is 1. The third-order valence-corrected chi connectivity index (χ3v) is 6.76. The number of rotatable bonds is 7. The van der Waals surface area contributed by atoms with E-state index in [0.29, 0.717) is 20.2 Å². The van der Waals surface area contributed by atoms with Crippen LogP contribution in [-0.4, -0.2) is 34.3 Å². The van der Waals surface area contributed by atoms with Gasteiger partial charge in [-0.3, -0.25) is 20.4 Å². The molecule has 0 aliphatic rings. The van der Waals surface area contributed by atoms with E-state index >= 15 is 0 Å². The number of halogens is 2. The minimum absolute atomic E-state index is 0.0414. The Morgan fingerprint density at radius 3 is 2.21 bits per heavy atom. The SMILES string of the molecule is O=C(N/N=C\c1cc(Br)c(O)c(Br)c1)C(Nc1ccc2ccccc2c1)C(=O)NNC(=S)Nc1ccccc1. The van der Waals surface area contributed by atoms with Gasteiger partial charge in [0.05, 0.1) is 15.2 Å². The molecule has 12 heteroatoms. The fraction of sp³-hybridized carbons (Fsp3) is 0.0370. The van der Waals surface area contributed by atoms with Crippen LogP contribution in [0.4, 0.5) is 11.4 Å². The number of aromatic hydroxyl groups is 1. The maximum atomic E-state index is 13.1. The van der Waals surface area contributed by atoms with Crippen LogP contribution in [0.15, 0.2) is 99.0 Å². The van der Waals surface area contributed by atoms with Crippen LogP contribution in [-0.2, 0) is 9.59 Å². The highest BCUT2D eigenvalue weighted by Crippen LogP contribution is 2.32. The Hall–Kier alpha value is -4.00. The average molecular weight is 670 g/mol. The molecule has 4 aromatic carbocycles. The third kappa shape index (κ3) is 7.76. The van der Waals surface area contributed by atoms with Crippen molar-refractivity contribution in [3.05, 3.63) is 99.4 Å². The quantitative estimate of drug-likeness (QED) is 0.0706. The second-order valence-corrected chi connectivity index (χ2v) is 10.3. The van der Waals surface area contributed by atoms with Crippen LogP contribution in [0.25, 0.3) is 10.8 Å². The summed E-state index contributed by atoms with van der Waals surface area (Å²) in [5, 5.41) is 21.9. The summed E-state index contributed by atoms with van der Waals surface area (Å²) in [6, 6.07) is 24.3. The Balaban J connectivity index is 1.47. The number of carbonyl (C=O) groups is 2. The molecule has 0 radical (unpaired) electrons. The Bertz CT molecular complexity index is 1530. The van der Waals surface area contributed by atoms with Gasteiger partial charge in [-0.2, -0.15) is 5.10 Å². The summed E-state index contributed by atoms with van der Waals surface area (Å²) in [5.41, 5.74) is 9.34. The standard InChI is InChI=1S/C27H22Br2N6O3S/c28-21-12-16(13-22(29)24(21)36)15-30-33-25(37)23(31-20-11-10-17-6-4-5-7-18(17)14-20)26(38)34-35-27(39)32-19-8-2-1-3-9-19/h1-15,23,31,36H,(H,33,37)(H,34,38)(H2,32,35,39)/b30-15-. The van der Waals surface area contributed by atoms with Crippen molar-refractivity contribution >= 4 is 89.4 Å². The molecule has 0 heterocycles. The second kappa shape index (κ2) is 13.2. The van der Waals surface area contributed by atoms with Gasteiger partial charge in [0.15, 0.2) is 11.2 Å². The molecule has 198 valence electrons. The van der Waals surface area contributed by atoms with Crippen LogP contribution in [0.1, 0.15) is 5.56 Å². The molecule has 9 nitrogen and oxygen atoms in total. The van der Waals surface area contributed by atoms with Crippen molar-refractivity contribution in [1.82, 2.24) is 16.3 Å². The molecule has 1 unspecified atom stereocenters. The van der Waals surface area contributed by atoms with Crippen LogP contribution in [0.3, 0.4) is 0 Å². The van der Waals surface area contributed by atoms with Crippen molar-refractivity contribution in [3.63, 3.8) is 0 Å². The van der Waals surface area contributed by atoms with Gasteiger partial charge in [-0.05, 0) is 96.8 Å². The molecule has 0 saturated carbocycles. The van der Waals surface area contributed by atoms with E-state index in [9.17, 15) is 14.7 Å². The van der Waals surface area contributed by atoms with Gasteiger partial charge in [0, 0.05) is 11.4 Å². The molecule has 39 heavy (non-hydrogen) atoms. The maximum Gasteiger partial charge on any atom is 0.272 e. The zero-order valence-corrected chi connectivity index (χ0v) is 24.1. The number of para-hydroxylation sites is 1. The van der Waals surface area contributed by atoms with Crippen LogP contribution in [0, 0.1) is 0 Å². The maximum absolute atomic E-state index is 13.1. The van der Waals surface area contributed by atoms with Gasteiger partial charge >= 0.3 is 0 Å². The molecule has 1 atom stereocenters. The number of hydrazone groups is 1. The minimum atomic E-state index is -1.37. The number of fused-ring (bicyclic) bond motifs is 1. The Kier molecular flexibility index (Phi) is 9.47. The fourth-order valence-electron chi connectivity index (χ4n) is 3.46. The van der Waals surface area contributed by atoms with Crippen molar-refractivity contribution in [2.45, 2.75) is 6.04 Å². The highest BCUT2D eigenvalue weighted by Gasteiger charge is 2.27. The highest BCUT2D eigenvalue weighted by molar-refractivity contribution is 9.11. The Morgan fingerprint density at radius 2 is 1.49 bits per heavy atom. The van der Waals surface area contributed by atoms with E-state index in [1.165, 1.54) is 6.21 Å². The number of hydrogen-bond donors (Lipinski definition) is 6. The zero-order valence-electron chi connectivity index (χ0n) is 20.1. The molecule has 0 aliphatic heterocycles. The summed E-state index contributed by atoms with van der Waals surface area (Å²) in [6.45, 7) is 0. The van der Waals surface area contributed by atoms with E-state index in [1.54, 1.807) is 18.2 Å². The topological polar surface area (TPSA) is 127 Å². The molecule has 0 aromatic heterocycles. The lowest BCUT2D eigenvalue weighted by atomic mass is 10.1.